The van der Waals surface area contributed by atoms with Crippen molar-refractivity contribution in [2.45, 2.75) is 52.4 Å². The fraction of sp³-hybridized carbons (Fsp3) is 0.917. The Hall–Kier alpha value is -0.570. The van der Waals surface area contributed by atoms with Gasteiger partial charge < -0.3 is 10.2 Å². The maximum absolute atomic E-state index is 10.3. The van der Waals surface area contributed by atoms with E-state index >= 15 is 0 Å². The predicted molar refractivity (Wildman–Crippen MR) is 58.6 cm³/mol. The molecule has 0 unspecified atom stereocenters. The number of rotatable bonds is 2. The molecule has 2 aliphatic rings. The summed E-state index contributed by atoms with van der Waals surface area (Å²) in [5.74, 6) is -0.635. The van der Waals surface area contributed by atoms with Gasteiger partial charge in [-0.05, 0) is 38.0 Å². The third kappa shape index (κ3) is 2.94. The van der Waals surface area contributed by atoms with Crippen LogP contribution in [0.3, 0.4) is 0 Å². The average Bonchev–Trinajstić information content (AvgIpc) is 2.11. The second kappa shape index (κ2) is 4.52. The van der Waals surface area contributed by atoms with Gasteiger partial charge in [-0.2, -0.15) is 0 Å². The summed E-state index contributed by atoms with van der Waals surface area (Å²) in [5, 5.41) is 17.1. The van der Waals surface area contributed by atoms with Crippen molar-refractivity contribution in [3.63, 3.8) is 0 Å². The van der Waals surface area contributed by atoms with Gasteiger partial charge in [0.2, 0.25) is 0 Å². The average molecular weight is 214 g/mol. The second-order valence-electron chi connectivity index (χ2n) is 5.54. The fourth-order valence-corrected chi connectivity index (χ4v) is 1.86. The summed E-state index contributed by atoms with van der Waals surface area (Å²) in [6, 6.07) is 0. The number of carboxylic acid groups (broad SMARTS) is 1. The van der Waals surface area contributed by atoms with E-state index in [0.717, 1.165) is 19.3 Å². The zero-order valence-electron chi connectivity index (χ0n) is 9.75. The third-order valence-corrected chi connectivity index (χ3v) is 3.92. The first-order valence-electron chi connectivity index (χ1n) is 5.76. The van der Waals surface area contributed by atoms with Crippen LogP contribution in [0.4, 0.5) is 0 Å². The van der Waals surface area contributed by atoms with E-state index in [-0.39, 0.29) is 5.41 Å². The molecular weight excluding hydrogens is 192 g/mol. The molecule has 2 N–H and O–H groups in total. The molecule has 0 bridgehead atoms. The van der Waals surface area contributed by atoms with Gasteiger partial charge in [-0.15, -0.1) is 0 Å². The number of aliphatic carboxylic acids is 1. The number of carboxylic acids is 1. The molecule has 0 spiro atoms. The first-order valence-corrected chi connectivity index (χ1v) is 5.76. The maximum Gasteiger partial charge on any atom is 0.309 e. The Kier molecular flexibility index (Phi) is 3.77. The third-order valence-electron chi connectivity index (χ3n) is 3.92. The number of hydrogen-bond acceptors (Lipinski definition) is 2. The van der Waals surface area contributed by atoms with E-state index in [0.29, 0.717) is 12.0 Å². The molecule has 15 heavy (non-hydrogen) atoms. The van der Waals surface area contributed by atoms with Crippen LogP contribution in [-0.4, -0.2) is 22.8 Å². The Labute approximate surface area is 91.5 Å². The zero-order chi connectivity index (χ0) is 11.5. The summed E-state index contributed by atoms with van der Waals surface area (Å²) in [7, 11) is 0. The van der Waals surface area contributed by atoms with Crippen LogP contribution in [0, 0.1) is 10.8 Å². The van der Waals surface area contributed by atoms with Crippen LogP contribution in [0.1, 0.15) is 52.4 Å². The van der Waals surface area contributed by atoms with Crippen molar-refractivity contribution in [1.29, 1.82) is 0 Å². The van der Waals surface area contributed by atoms with Gasteiger partial charge in [-0.1, -0.05) is 19.8 Å². The highest BCUT2D eigenvalue weighted by atomic mass is 16.4. The number of aliphatic hydroxyl groups is 1. The zero-order valence-corrected chi connectivity index (χ0v) is 9.75. The lowest BCUT2D eigenvalue weighted by molar-refractivity contribution is -0.152. The van der Waals surface area contributed by atoms with Crippen LogP contribution in [-0.2, 0) is 4.79 Å². The Morgan fingerprint density at radius 1 is 1.13 bits per heavy atom. The van der Waals surface area contributed by atoms with Crippen LogP contribution in [0.2, 0.25) is 0 Å². The Balaban J connectivity index is 0.000000151. The smallest absolute Gasteiger partial charge is 0.309 e. The van der Waals surface area contributed by atoms with E-state index < -0.39 is 5.97 Å². The summed E-state index contributed by atoms with van der Waals surface area (Å²) in [6.07, 6.45) is 6.58. The predicted octanol–water partition coefficient (Wildman–Crippen LogP) is 2.43. The van der Waals surface area contributed by atoms with Gasteiger partial charge in [-0.25, -0.2) is 0 Å². The van der Waals surface area contributed by atoms with Crippen molar-refractivity contribution in [3.8, 4) is 0 Å². The highest BCUT2D eigenvalue weighted by molar-refractivity contribution is 5.75. The van der Waals surface area contributed by atoms with Gasteiger partial charge in [0, 0.05) is 6.61 Å². The van der Waals surface area contributed by atoms with E-state index in [1.165, 1.54) is 19.3 Å². The summed E-state index contributed by atoms with van der Waals surface area (Å²) in [6.45, 7) is 4.32. The maximum atomic E-state index is 10.3. The standard InChI is InChI=1S/C6H10O2.C6H12O/c1-6(5(7)8)3-2-4-6;1-6(5-7)3-2-4-6/h2-4H2,1H3,(H,7,8);7H,2-5H2,1H3. The molecule has 0 aliphatic heterocycles. The molecule has 2 aliphatic carbocycles. The minimum absolute atomic E-state index is 0.319. The summed E-state index contributed by atoms with van der Waals surface area (Å²) in [5.41, 5.74) is -0.0417. The molecule has 2 saturated carbocycles. The van der Waals surface area contributed by atoms with Crippen molar-refractivity contribution in [2.75, 3.05) is 6.61 Å². The number of aliphatic hydroxyl groups excluding tert-OH is 1. The van der Waals surface area contributed by atoms with Crippen molar-refractivity contribution >= 4 is 5.97 Å². The van der Waals surface area contributed by atoms with E-state index in [4.69, 9.17) is 10.2 Å². The highest BCUT2D eigenvalue weighted by Crippen LogP contribution is 2.40. The normalized spacial score (nSPS) is 25.3. The molecule has 88 valence electrons. The van der Waals surface area contributed by atoms with Gasteiger partial charge in [0.25, 0.3) is 0 Å². The molecule has 0 atom stereocenters. The van der Waals surface area contributed by atoms with Crippen molar-refractivity contribution in [2.24, 2.45) is 10.8 Å². The lowest BCUT2D eigenvalue weighted by atomic mass is 9.71. The Morgan fingerprint density at radius 2 is 1.60 bits per heavy atom. The molecular formula is C12H22O3. The van der Waals surface area contributed by atoms with Gasteiger partial charge >= 0.3 is 5.97 Å². The van der Waals surface area contributed by atoms with Gasteiger partial charge in [0.1, 0.15) is 0 Å². The van der Waals surface area contributed by atoms with E-state index in [9.17, 15) is 4.79 Å². The quantitative estimate of drug-likeness (QED) is 0.742. The van der Waals surface area contributed by atoms with E-state index in [1.54, 1.807) is 6.92 Å². The molecule has 3 nitrogen and oxygen atoms in total. The Bertz CT molecular complexity index is 222. The lowest BCUT2D eigenvalue weighted by Crippen LogP contribution is -2.34. The molecule has 0 aromatic rings. The number of carbonyl (C=O) groups is 1. The van der Waals surface area contributed by atoms with Crippen molar-refractivity contribution in [1.82, 2.24) is 0 Å². The molecule has 3 heteroatoms. The second-order valence-corrected chi connectivity index (χ2v) is 5.54. The monoisotopic (exact) mass is 214 g/mol. The first kappa shape index (κ1) is 12.5. The Morgan fingerprint density at radius 3 is 1.60 bits per heavy atom. The van der Waals surface area contributed by atoms with E-state index in [1.807, 2.05) is 0 Å². The first-order chi connectivity index (χ1) is 6.92. The van der Waals surface area contributed by atoms with Crippen LogP contribution in [0.15, 0.2) is 0 Å². The summed E-state index contributed by atoms with van der Waals surface area (Å²) >= 11 is 0. The van der Waals surface area contributed by atoms with Crippen LogP contribution >= 0.6 is 0 Å². The van der Waals surface area contributed by atoms with Crippen LogP contribution in [0.5, 0.6) is 0 Å². The molecule has 0 aromatic carbocycles. The largest absolute Gasteiger partial charge is 0.481 e. The molecule has 0 heterocycles. The minimum Gasteiger partial charge on any atom is -0.481 e. The molecule has 2 rings (SSSR count). The molecule has 0 radical (unpaired) electrons. The number of hydrogen-bond donors (Lipinski definition) is 2. The summed E-state index contributed by atoms with van der Waals surface area (Å²) < 4.78 is 0. The molecule has 0 saturated heterocycles. The van der Waals surface area contributed by atoms with Gasteiger partial charge in [-0.3, -0.25) is 4.79 Å². The minimum atomic E-state index is -0.635. The van der Waals surface area contributed by atoms with Gasteiger partial charge in [0.05, 0.1) is 5.41 Å². The highest BCUT2D eigenvalue weighted by Gasteiger charge is 2.39. The van der Waals surface area contributed by atoms with Crippen molar-refractivity contribution < 1.29 is 15.0 Å². The topological polar surface area (TPSA) is 57.5 Å². The lowest BCUT2D eigenvalue weighted by Gasteiger charge is -2.36. The fourth-order valence-electron chi connectivity index (χ4n) is 1.86. The molecule has 2 fully saturated rings. The molecule has 0 aromatic heterocycles. The molecule has 0 amide bonds. The van der Waals surface area contributed by atoms with Gasteiger partial charge in [0.15, 0.2) is 0 Å². The van der Waals surface area contributed by atoms with Crippen LogP contribution < -0.4 is 0 Å². The van der Waals surface area contributed by atoms with Crippen molar-refractivity contribution in [3.05, 3.63) is 0 Å². The summed E-state index contributed by atoms with van der Waals surface area (Å²) in [4.78, 5) is 10.3. The SMILES string of the molecule is CC1(C(=O)O)CCC1.CC1(CO)CCC1. The van der Waals surface area contributed by atoms with E-state index in [2.05, 4.69) is 6.92 Å². The van der Waals surface area contributed by atoms with Crippen LogP contribution in [0.25, 0.3) is 0 Å².